The van der Waals surface area contributed by atoms with Gasteiger partial charge in [-0.2, -0.15) is 0 Å². The second-order valence-electron chi connectivity index (χ2n) is 5.23. The number of rotatable bonds is 6. The fourth-order valence-corrected chi connectivity index (χ4v) is 2.32. The second kappa shape index (κ2) is 7.02. The Labute approximate surface area is 135 Å². The third kappa shape index (κ3) is 3.73. The molecule has 6 nitrogen and oxygen atoms in total. The van der Waals surface area contributed by atoms with E-state index in [-0.39, 0.29) is 6.04 Å². The van der Waals surface area contributed by atoms with Crippen LogP contribution in [0.3, 0.4) is 0 Å². The van der Waals surface area contributed by atoms with E-state index in [9.17, 15) is 0 Å². The van der Waals surface area contributed by atoms with Crippen LogP contribution in [-0.2, 0) is 6.54 Å². The van der Waals surface area contributed by atoms with Crippen molar-refractivity contribution < 1.29 is 4.74 Å². The molecular formula is C17H19N5O. The Morgan fingerprint density at radius 3 is 2.70 bits per heavy atom. The average Bonchev–Trinajstić information content (AvgIpc) is 3.14. The number of nitrogens with one attached hydrogen (secondary N) is 1. The predicted molar refractivity (Wildman–Crippen MR) is 87.4 cm³/mol. The average molecular weight is 309 g/mol. The van der Waals surface area contributed by atoms with E-state index < -0.39 is 0 Å². The summed E-state index contributed by atoms with van der Waals surface area (Å²) in [4.78, 5) is 4.34. The number of aromatic nitrogens is 4. The van der Waals surface area contributed by atoms with E-state index >= 15 is 0 Å². The Balaban J connectivity index is 1.62. The number of pyridine rings is 1. The molecule has 118 valence electrons. The molecule has 1 aromatic carbocycles. The number of benzene rings is 1. The Hall–Kier alpha value is -2.73. The molecule has 0 saturated carbocycles. The summed E-state index contributed by atoms with van der Waals surface area (Å²) in [7, 11) is 1.66. The van der Waals surface area contributed by atoms with Gasteiger partial charge in [0.05, 0.1) is 30.9 Å². The predicted octanol–water partition coefficient (Wildman–Crippen LogP) is 2.52. The standard InChI is InChI=1S/C17H19N5O/c1-13(19-12-15-11-17(23-2)7-8-18-15)14-3-5-16(6-4-14)22-10-9-20-21-22/h3-11,13,19H,12H2,1-2H3. The molecule has 2 aromatic heterocycles. The molecule has 1 unspecified atom stereocenters. The van der Waals surface area contributed by atoms with Gasteiger partial charge in [0, 0.05) is 24.8 Å². The lowest BCUT2D eigenvalue weighted by Crippen LogP contribution is -2.18. The van der Waals surface area contributed by atoms with Crippen LogP contribution in [0.2, 0.25) is 0 Å². The molecular weight excluding hydrogens is 290 g/mol. The highest BCUT2D eigenvalue weighted by Crippen LogP contribution is 2.16. The van der Waals surface area contributed by atoms with Crippen LogP contribution in [0.25, 0.3) is 5.69 Å². The highest BCUT2D eigenvalue weighted by atomic mass is 16.5. The summed E-state index contributed by atoms with van der Waals surface area (Å²) in [5.41, 5.74) is 3.15. The molecule has 3 aromatic rings. The van der Waals surface area contributed by atoms with Crippen molar-refractivity contribution in [3.63, 3.8) is 0 Å². The molecule has 0 fully saturated rings. The Morgan fingerprint density at radius 1 is 1.17 bits per heavy atom. The van der Waals surface area contributed by atoms with Gasteiger partial charge in [0.15, 0.2) is 0 Å². The van der Waals surface area contributed by atoms with E-state index in [1.54, 1.807) is 24.2 Å². The van der Waals surface area contributed by atoms with E-state index in [1.165, 1.54) is 5.56 Å². The molecule has 0 radical (unpaired) electrons. The summed E-state index contributed by atoms with van der Waals surface area (Å²) in [6.07, 6.45) is 5.25. The maximum Gasteiger partial charge on any atom is 0.122 e. The van der Waals surface area contributed by atoms with Gasteiger partial charge in [0.25, 0.3) is 0 Å². The SMILES string of the molecule is COc1ccnc(CNC(C)c2ccc(-n3ccnn3)cc2)c1. The summed E-state index contributed by atoms with van der Waals surface area (Å²) < 4.78 is 6.95. The molecule has 6 heteroatoms. The normalized spacial score (nSPS) is 12.1. The zero-order valence-corrected chi connectivity index (χ0v) is 13.2. The number of hydrogen-bond acceptors (Lipinski definition) is 5. The van der Waals surface area contributed by atoms with Gasteiger partial charge in [-0.05, 0) is 30.7 Å². The Kier molecular flexibility index (Phi) is 4.63. The van der Waals surface area contributed by atoms with Crippen LogP contribution in [0.1, 0.15) is 24.2 Å². The largest absolute Gasteiger partial charge is 0.497 e. The Bertz CT molecular complexity index is 740. The lowest BCUT2D eigenvalue weighted by molar-refractivity contribution is 0.413. The first-order chi connectivity index (χ1) is 11.3. The molecule has 0 aliphatic carbocycles. The maximum atomic E-state index is 5.21. The van der Waals surface area contributed by atoms with E-state index in [2.05, 4.69) is 39.7 Å². The van der Waals surface area contributed by atoms with Crippen molar-refractivity contribution in [2.75, 3.05) is 7.11 Å². The van der Waals surface area contributed by atoms with E-state index in [0.717, 1.165) is 17.1 Å². The van der Waals surface area contributed by atoms with Gasteiger partial charge in [-0.3, -0.25) is 4.98 Å². The van der Waals surface area contributed by atoms with Crippen molar-refractivity contribution in [3.8, 4) is 11.4 Å². The minimum atomic E-state index is 0.216. The molecule has 0 aliphatic rings. The molecule has 23 heavy (non-hydrogen) atoms. The van der Waals surface area contributed by atoms with Gasteiger partial charge >= 0.3 is 0 Å². The summed E-state index contributed by atoms with van der Waals surface area (Å²) >= 11 is 0. The molecule has 1 N–H and O–H groups in total. The molecule has 3 rings (SSSR count). The van der Waals surface area contributed by atoms with Crippen LogP contribution in [0.5, 0.6) is 5.75 Å². The van der Waals surface area contributed by atoms with Gasteiger partial charge in [0.2, 0.25) is 0 Å². The van der Waals surface area contributed by atoms with Crippen molar-refractivity contribution >= 4 is 0 Å². The first-order valence-electron chi connectivity index (χ1n) is 7.45. The van der Waals surface area contributed by atoms with Crippen LogP contribution < -0.4 is 10.1 Å². The van der Waals surface area contributed by atoms with Crippen molar-refractivity contribution in [1.29, 1.82) is 0 Å². The molecule has 0 amide bonds. The summed E-state index contributed by atoms with van der Waals surface area (Å²) in [5.74, 6) is 0.821. The monoisotopic (exact) mass is 309 g/mol. The van der Waals surface area contributed by atoms with Gasteiger partial charge in [-0.1, -0.05) is 17.3 Å². The van der Waals surface area contributed by atoms with Crippen LogP contribution in [0, 0.1) is 0 Å². The maximum absolute atomic E-state index is 5.21. The lowest BCUT2D eigenvalue weighted by Gasteiger charge is -2.15. The van der Waals surface area contributed by atoms with Crippen LogP contribution in [0.15, 0.2) is 55.0 Å². The minimum absolute atomic E-state index is 0.216. The van der Waals surface area contributed by atoms with E-state index in [1.807, 2.05) is 30.5 Å². The molecule has 1 atom stereocenters. The fourth-order valence-electron chi connectivity index (χ4n) is 2.32. The van der Waals surface area contributed by atoms with Crippen LogP contribution in [-0.4, -0.2) is 27.1 Å². The van der Waals surface area contributed by atoms with E-state index in [4.69, 9.17) is 4.74 Å². The van der Waals surface area contributed by atoms with Gasteiger partial charge in [-0.15, -0.1) is 5.10 Å². The lowest BCUT2D eigenvalue weighted by atomic mass is 10.1. The van der Waals surface area contributed by atoms with Gasteiger partial charge in [-0.25, -0.2) is 4.68 Å². The number of nitrogens with zero attached hydrogens (tertiary/aromatic N) is 4. The third-order valence-electron chi connectivity index (χ3n) is 3.69. The zero-order valence-electron chi connectivity index (χ0n) is 13.2. The molecule has 0 spiro atoms. The quantitative estimate of drug-likeness (QED) is 0.758. The topological polar surface area (TPSA) is 64.9 Å². The summed E-state index contributed by atoms with van der Waals surface area (Å²) in [5, 5.41) is 11.3. The molecule has 0 aliphatic heterocycles. The van der Waals surface area contributed by atoms with Crippen molar-refractivity contribution in [2.24, 2.45) is 0 Å². The smallest absolute Gasteiger partial charge is 0.122 e. The fraction of sp³-hybridized carbons (Fsp3) is 0.235. The number of methoxy groups -OCH3 is 1. The van der Waals surface area contributed by atoms with Crippen LogP contribution in [0.4, 0.5) is 0 Å². The zero-order chi connectivity index (χ0) is 16.1. The van der Waals surface area contributed by atoms with Crippen molar-refractivity contribution in [1.82, 2.24) is 25.3 Å². The van der Waals surface area contributed by atoms with Crippen molar-refractivity contribution in [3.05, 3.63) is 66.2 Å². The first-order valence-corrected chi connectivity index (χ1v) is 7.45. The van der Waals surface area contributed by atoms with Crippen LogP contribution >= 0.6 is 0 Å². The summed E-state index contributed by atoms with van der Waals surface area (Å²) in [6.45, 7) is 2.81. The van der Waals surface area contributed by atoms with Gasteiger partial charge < -0.3 is 10.1 Å². The molecule has 0 saturated heterocycles. The first kappa shape index (κ1) is 15.2. The van der Waals surface area contributed by atoms with Crippen molar-refractivity contribution in [2.45, 2.75) is 19.5 Å². The minimum Gasteiger partial charge on any atom is -0.497 e. The Morgan fingerprint density at radius 2 is 2.00 bits per heavy atom. The highest BCUT2D eigenvalue weighted by Gasteiger charge is 2.06. The van der Waals surface area contributed by atoms with E-state index in [0.29, 0.717) is 6.54 Å². The third-order valence-corrected chi connectivity index (χ3v) is 3.69. The number of ether oxygens (including phenoxy) is 1. The second-order valence-corrected chi connectivity index (χ2v) is 5.23. The molecule has 2 heterocycles. The number of hydrogen-bond donors (Lipinski definition) is 1. The highest BCUT2D eigenvalue weighted by molar-refractivity contribution is 5.34. The molecule has 0 bridgehead atoms. The van der Waals surface area contributed by atoms with Gasteiger partial charge in [0.1, 0.15) is 5.75 Å². The summed E-state index contributed by atoms with van der Waals surface area (Å²) in [6, 6.07) is 12.2.